The van der Waals surface area contributed by atoms with Crippen LogP contribution in [0.4, 0.5) is 10.2 Å². The molecule has 0 radical (unpaired) electrons. The quantitative estimate of drug-likeness (QED) is 0.848. The van der Waals surface area contributed by atoms with E-state index in [2.05, 4.69) is 27.3 Å². The Bertz CT molecular complexity index is 557. The van der Waals surface area contributed by atoms with Crippen LogP contribution in [0.5, 0.6) is 0 Å². The molecule has 0 bridgehead atoms. The number of pyridine rings is 1. The summed E-state index contributed by atoms with van der Waals surface area (Å²) in [5, 5.41) is 3.23. The number of hydrogen-bond donors (Lipinski definition) is 1. The molecule has 0 saturated carbocycles. The summed E-state index contributed by atoms with van der Waals surface area (Å²) >= 11 is 0. The van der Waals surface area contributed by atoms with E-state index >= 15 is 0 Å². The van der Waals surface area contributed by atoms with Crippen molar-refractivity contribution in [3.63, 3.8) is 0 Å². The maximum absolute atomic E-state index is 13.4. The molecule has 1 N–H and O–H groups in total. The predicted molar refractivity (Wildman–Crippen MR) is 85.0 cm³/mol. The molecule has 1 heterocycles. The van der Waals surface area contributed by atoms with E-state index in [0.29, 0.717) is 6.54 Å². The molecule has 0 atom stereocenters. The van der Waals surface area contributed by atoms with E-state index in [9.17, 15) is 4.39 Å². The zero-order valence-corrected chi connectivity index (χ0v) is 12.6. The fourth-order valence-corrected chi connectivity index (χ4v) is 2.25. The summed E-state index contributed by atoms with van der Waals surface area (Å²) in [6.45, 7) is 4.36. The number of benzene rings is 1. The summed E-state index contributed by atoms with van der Waals surface area (Å²) in [6, 6.07) is 11.9. The van der Waals surface area contributed by atoms with Crippen LogP contribution in [0.25, 0.3) is 0 Å². The number of nitrogens with zero attached hydrogens (tertiary/aromatic N) is 2. The Labute approximate surface area is 125 Å². The van der Waals surface area contributed by atoms with Crippen molar-refractivity contribution in [3.05, 3.63) is 59.5 Å². The third-order valence-corrected chi connectivity index (χ3v) is 3.42. The van der Waals surface area contributed by atoms with E-state index in [1.807, 2.05) is 32.2 Å². The molecular weight excluding hydrogens is 265 g/mol. The minimum absolute atomic E-state index is 0.289. The second kappa shape index (κ2) is 7.74. The van der Waals surface area contributed by atoms with Crippen molar-refractivity contribution in [2.24, 2.45) is 0 Å². The van der Waals surface area contributed by atoms with Crippen LogP contribution in [0, 0.1) is 5.82 Å². The minimum Gasteiger partial charge on any atom is -0.359 e. The van der Waals surface area contributed by atoms with Gasteiger partial charge in [0.25, 0.3) is 0 Å². The smallest absolute Gasteiger partial charge is 0.141 e. The second-order valence-electron chi connectivity index (χ2n) is 5.07. The molecular formula is C17H22FN3. The van der Waals surface area contributed by atoms with Gasteiger partial charge in [0.15, 0.2) is 0 Å². The molecule has 0 aliphatic rings. The van der Waals surface area contributed by atoms with Gasteiger partial charge in [-0.25, -0.2) is 9.37 Å². The summed E-state index contributed by atoms with van der Waals surface area (Å²) in [6.07, 6.45) is 2.22. The Kier molecular flexibility index (Phi) is 5.69. The first kappa shape index (κ1) is 15.4. The first-order chi connectivity index (χ1) is 10.2. The van der Waals surface area contributed by atoms with E-state index in [1.54, 1.807) is 6.07 Å². The van der Waals surface area contributed by atoms with Crippen LogP contribution in [-0.4, -0.2) is 25.1 Å². The maximum Gasteiger partial charge on any atom is 0.141 e. The number of aromatic nitrogens is 1. The van der Waals surface area contributed by atoms with Crippen LogP contribution >= 0.6 is 0 Å². The molecule has 0 unspecified atom stereocenters. The van der Waals surface area contributed by atoms with Crippen molar-refractivity contribution in [2.45, 2.75) is 19.9 Å². The number of halogens is 1. The van der Waals surface area contributed by atoms with E-state index in [-0.39, 0.29) is 5.82 Å². The molecule has 112 valence electrons. The van der Waals surface area contributed by atoms with Gasteiger partial charge in [0.2, 0.25) is 0 Å². The Morgan fingerprint density at radius 3 is 2.71 bits per heavy atom. The fourth-order valence-electron chi connectivity index (χ4n) is 2.25. The minimum atomic E-state index is -0.289. The predicted octanol–water partition coefficient (Wildman–Crippen LogP) is 3.01. The summed E-state index contributed by atoms with van der Waals surface area (Å²) in [5.41, 5.74) is 2.19. The summed E-state index contributed by atoms with van der Waals surface area (Å²) in [7, 11) is 2.00. The largest absolute Gasteiger partial charge is 0.359 e. The zero-order valence-electron chi connectivity index (χ0n) is 12.6. The zero-order chi connectivity index (χ0) is 15.1. The van der Waals surface area contributed by atoms with Crippen molar-refractivity contribution in [1.29, 1.82) is 0 Å². The van der Waals surface area contributed by atoms with Gasteiger partial charge in [-0.2, -0.15) is 0 Å². The van der Waals surface area contributed by atoms with Crippen LogP contribution in [0.2, 0.25) is 0 Å². The number of nitrogens with one attached hydrogen (secondary N) is 1. The Morgan fingerprint density at radius 1 is 1.24 bits per heavy atom. The molecule has 0 aliphatic carbocycles. The van der Waals surface area contributed by atoms with Crippen molar-refractivity contribution in [1.82, 2.24) is 10.3 Å². The van der Waals surface area contributed by atoms with E-state index in [1.165, 1.54) is 11.8 Å². The van der Waals surface area contributed by atoms with Crippen molar-refractivity contribution < 1.29 is 4.39 Å². The van der Waals surface area contributed by atoms with Gasteiger partial charge in [-0.05, 0) is 24.6 Å². The van der Waals surface area contributed by atoms with Crippen molar-refractivity contribution in [3.8, 4) is 0 Å². The first-order valence-corrected chi connectivity index (χ1v) is 7.31. The Balaban J connectivity index is 2.05. The van der Waals surface area contributed by atoms with Crippen LogP contribution in [0.3, 0.4) is 0 Å². The molecule has 0 saturated heterocycles. The van der Waals surface area contributed by atoms with Gasteiger partial charge in [0.05, 0.1) is 6.20 Å². The lowest BCUT2D eigenvalue weighted by molar-refractivity contribution is 0.613. The lowest BCUT2D eigenvalue weighted by Crippen LogP contribution is -2.24. The molecule has 2 rings (SSSR count). The highest BCUT2D eigenvalue weighted by molar-refractivity contribution is 5.46. The van der Waals surface area contributed by atoms with Gasteiger partial charge in [0, 0.05) is 25.7 Å². The molecule has 0 aliphatic heterocycles. The SMILES string of the molecule is CCNCc1cc(F)cnc1N(C)CCc1ccccc1. The Hall–Kier alpha value is -1.94. The first-order valence-electron chi connectivity index (χ1n) is 7.31. The molecule has 0 amide bonds. The van der Waals surface area contributed by atoms with Gasteiger partial charge in [-0.1, -0.05) is 37.3 Å². The highest BCUT2D eigenvalue weighted by Crippen LogP contribution is 2.17. The maximum atomic E-state index is 13.4. The molecule has 21 heavy (non-hydrogen) atoms. The van der Waals surface area contributed by atoms with Crippen molar-refractivity contribution >= 4 is 5.82 Å². The van der Waals surface area contributed by atoms with Gasteiger partial charge < -0.3 is 10.2 Å². The molecule has 2 aromatic rings. The van der Waals surface area contributed by atoms with E-state index in [4.69, 9.17) is 0 Å². The van der Waals surface area contributed by atoms with Crippen LogP contribution in [0.15, 0.2) is 42.6 Å². The molecule has 4 heteroatoms. The molecule has 1 aromatic carbocycles. The number of hydrogen-bond acceptors (Lipinski definition) is 3. The van der Waals surface area contributed by atoms with E-state index in [0.717, 1.165) is 30.9 Å². The van der Waals surface area contributed by atoms with E-state index < -0.39 is 0 Å². The third-order valence-electron chi connectivity index (χ3n) is 3.42. The topological polar surface area (TPSA) is 28.2 Å². The molecule has 0 fully saturated rings. The summed E-state index contributed by atoms with van der Waals surface area (Å²) in [4.78, 5) is 6.34. The average molecular weight is 287 g/mol. The summed E-state index contributed by atoms with van der Waals surface area (Å²) < 4.78 is 13.4. The van der Waals surface area contributed by atoms with Gasteiger partial charge in [-0.3, -0.25) is 0 Å². The lowest BCUT2D eigenvalue weighted by atomic mass is 10.1. The van der Waals surface area contributed by atoms with Crippen LogP contribution in [0.1, 0.15) is 18.1 Å². The van der Waals surface area contributed by atoms with Crippen LogP contribution in [-0.2, 0) is 13.0 Å². The molecule has 0 spiro atoms. The highest BCUT2D eigenvalue weighted by atomic mass is 19.1. The highest BCUT2D eigenvalue weighted by Gasteiger charge is 2.10. The normalized spacial score (nSPS) is 10.6. The monoisotopic (exact) mass is 287 g/mol. The number of anilines is 1. The molecule has 3 nitrogen and oxygen atoms in total. The second-order valence-corrected chi connectivity index (χ2v) is 5.07. The fraction of sp³-hybridized carbons (Fsp3) is 0.353. The lowest BCUT2D eigenvalue weighted by Gasteiger charge is -2.21. The van der Waals surface area contributed by atoms with Gasteiger partial charge >= 0.3 is 0 Å². The molecule has 1 aromatic heterocycles. The standard InChI is InChI=1S/C17H22FN3/c1-3-19-12-15-11-16(18)13-20-17(15)21(2)10-9-14-7-5-4-6-8-14/h4-8,11,13,19H,3,9-10,12H2,1-2H3. The third kappa shape index (κ3) is 4.53. The summed E-state index contributed by atoms with van der Waals surface area (Å²) in [5.74, 6) is 0.552. The Morgan fingerprint density at radius 2 is 2.00 bits per heavy atom. The number of likely N-dealkylation sites (N-methyl/N-ethyl adjacent to an activating group) is 1. The van der Waals surface area contributed by atoms with Gasteiger partial charge in [-0.15, -0.1) is 0 Å². The van der Waals surface area contributed by atoms with Gasteiger partial charge in [0.1, 0.15) is 11.6 Å². The van der Waals surface area contributed by atoms with Crippen LogP contribution < -0.4 is 10.2 Å². The average Bonchev–Trinajstić information content (AvgIpc) is 2.51. The van der Waals surface area contributed by atoms with Crippen molar-refractivity contribution in [2.75, 3.05) is 25.0 Å². The number of rotatable bonds is 7.